The van der Waals surface area contributed by atoms with Crippen molar-refractivity contribution in [2.24, 2.45) is 5.73 Å². The Morgan fingerprint density at radius 2 is 2.10 bits per heavy atom. The molecule has 5 heteroatoms. The second-order valence-corrected chi connectivity index (χ2v) is 5.10. The van der Waals surface area contributed by atoms with E-state index in [2.05, 4.69) is 0 Å². The molecule has 0 radical (unpaired) electrons. The molecule has 1 saturated heterocycles. The van der Waals surface area contributed by atoms with Crippen LogP contribution in [0.5, 0.6) is 5.75 Å². The lowest BCUT2D eigenvalue weighted by Gasteiger charge is -2.21. The van der Waals surface area contributed by atoms with Gasteiger partial charge < -0.3 is 20.1 Å². The molecule has 1 heterocycles. The lowest BCUT2D eigenvalue weighted by Crippen LogP contribution is -2.36. The van der Waals surface area contributed by atoms with Crippen LogP contribution in [0.3, 0.4) is 0 Å². The Morgan fingerprint density at radius 1 is 1.40 bits per heavy atom. The van der Waals surface area contributed by atoms with E-state index < -0.39 is 0 Å². The minimum atomic E-state index is -0.341. The maximum atomic E-state index is 12.3. The molecule has 2 rings (SSSR count). The minimum absolute atomic E-state index is 0.0248. The first kappa shape index (κ1) is 14.8. The Labute approximate surface area is 119 Å². The Morgan fingerprint density at radius 3 is 2.65 bits per heavy atom. The average molecular weight is 278 g/mol. The van der Waals surface area contributed by atoms with Crippen LogP contribution in [0.4, 0.5) is 0 Å². The van der Waals surface area contributed by atoms with Gasteiger partial charge in [0.05, 0.1) is 13.2 Å². The standard InChI is InChI=1S/C15H22N2O3/c1-17(10-11-3-5-12(19-2)6-4-11)15(18)14-8-7-13(9-16)20-14/h3-6,13-14H,7-10,16H2,1-2H3/t13-,14+/m1/s1. The predicted octanol–water partition coefficient (Wildman–Crippen LogP) is 1.16. The first-order valence-electron chi connectivity index (χ1n) is 6.87. The van der Waals surface area contributed by atoms with Crippen molar-refractivity contribution in [2.45, 2.75) is 31.6 Å². The van der Waals surface area contributed by atoms with E-state index in [1.165, 1.54) is 0 Å². The molecule has 1 aliphatic heterocycles. The van der Waals surface area contributed by atoms with E-state index in [1.807, 2.05) is 24.3 Å². The quantitative estimate of drug-likeness (QED) is 0.878. The Bertz CT molecular complexity index is 447. The summed E-state index contributed by atoms with van der Waals surface area (Å²) in [6, 6.07) is 7.70. The van der Waals surface area contributed by atoms with Crippen molar-refractivity contribution in [1.29, 1.82) is 0 Å². The second kappa shape index (κ2) is 6.72. The number of methoxy groups -OCH3 is 1. The van der Waals surface area contributed by atoms with Gasteiger partial charge in [-0.15, -0.1) is 0 Å². The summed E-state index contributed by atoms with van der Waals surface area (Å²) in [5.41, 5.74) is 6.63. The smallest absolute Gasteiger partial charge is 0.251 e. The molecule has 2 atom stereocenters. The highest BCUT2D eigenvalue weighted by atomic mass is 16.5. The lowest BCUT2D eigenvalue weighted by molar-refractivity contribution is -0.141. The summed E-state index contributed by atoms with van der Waals surface area (Å²) in [5, 5.41) is 0. The summed E-state index contributed by atoms with van der Waals surface area (Å²) in [7, 11) is 3.43. The van der Waals surface area contributed by atoms with Crippen molar-refractivity contribution < 1.29 is 14.3 Å². The first-order chi connectivity index (χ1) is 9.63. The Kier molecular flexibility index (Phi) is 4.98. The maximum Gasteiger partial charge on any atom is 0.251 e. The van der Waals surface area contributed by atoms with Gasteiger partial charge in [-0.2, -0.15) is 0 Å². The molecule has 20 heavy (non-hydrogen) atoms. The van der Waals surface area contributed by atoms with E-state index in [0.717, 1.165) is 24.2 Å². The summed E-state index contributed by atoms with van der Waals surface area (Å²) in [6.07, 6.45) is 1.31. The lowest BCUT2D eigenvalue weighted by atomic mass is 10.1. The zero-order valence-corrected chi connectivity index (χ0v) is 12.0. The third kappa shape index (κ3) is 3.49. The number of hydrogen-bond donors (Lipinski definition) is 1. The van der Waals surface area contributed by atoms with Gasteiger partial charge in [0, 0.05) is 20.1 Å². The van der Waals surface area contributed by atoms with Crippen molar-refractivity contribution >= 4 is 5.91 Å². The molecule has 1 aliphatic rings. The monoisotopic (exact) mass is 278 g/mol. The van der Waals surface area contributed by atoms with Crippen LogP contribution < -0.4 is 10.5 Å². The van der Waals surface area contributed by atoms with Crippen molar-refractivity contribution in [3.05, 3.63) is 29.8 Å². The number of carbonyl (C=O) groups excluding carboxylic acids is 1. The highest BCUT2D eigenvalue weighted by molar-refractivity contribution is 5.81. The maximum absolute atomic E-state index is 12.3. The van der Waals surface area contributed by atoms with Gasteiger partial charge in [0.1, 0.15) is 11.9 Å². The summed E-state index contributed by atoms with van der Waals surface area (Å²) >= 11 is 0. The van der Waals surface area contributed by atoms with Crippen LogP contribution in [0.25, 0.3) is 0 Å². The molecule has 5 nitrogen and oxygen atoms in total. The number of ether oxygens (including phenoxy) is 2. The summed E-state index contributed by atoms with van der Waals surface area (Å²) < 4.78 is 10.7. The summed E-state index contributed by atoms with van der Waals surface area (Å²) in [4.78, 5) is 14.0. The minimum Gasteiger partial charge on any atom is -0.497 e. The Hall–Kier alpha value is -1.59. The van der Waals surface area contributed by atoms with Gasteiger partial charge in [-0.05, 0) is 30.5 Å². The SMILES string of the molecule is COc1ccc(CN(C)C(=O)[C@@H]2CC[C@H](CN)O2)cc1. The molecule has 1 aromatic carbocycles. The molecule has 0 spiro atoms. The molecule has 1 amide bonds. The first-order valence-corrected chi connectivity index (χ1v) is 6.87. The number of carbonyl (C=O) groups is 1. The number of hydrogen-bond acceptors (Lipinski definition) is 4. The molecular formula is C15H22N2O3. The van der Waals surface area contributed by atoms with Gasteiger partial charge in [-0.3, -0.25) is 4.79 Å². The fraction of sp³-hybridized carbons (Fsp3) is 0.533. The van der Waals surface area contributed by atoms with Gasteiger partial charge in [0.15, 0.2) is 0 Å². The van der Waals surface area contributed by atoms with Crippen LogP contribution in [-0.4, -0.2) is 43.7 Å². The van der Waals surface area contributed by atoms with E-state index in [4.69, 9.17) is 15.2 Å². The van der Waals surface area contributed by atoms with Crippen molar-refractivity contribution in [3.8, 4) is 5.75 Å². The molecule has 110 valence electrons. The van der Waals surface area contributed by atoms with E-state index in [1.54, 1.807) is 19.1 Å². The van der Waals surface area contributed by atoms with E-state index in [0.29, 0.717) is 13.1 Å². The number of amides is 1. The average Bonchev–Trinajstić information content (AvgIpc) is 2.96. The molecule has 1 aromatic rings. The van der Waals surface area contributed by atoms with Gasteiger partial charge in [0.25, 0.3) is 5.91 Å². The highest BCUT2D eigenvalue weighted by Crippen LogP contribution is 2.21. The van der Waals surface area contributed by atoms with Gasteiger partial charge >= 0.3 is 0 Å². The van der Waals surface area contributed by atoms with Crippen LogP contribution in [-0.2, 0) is 16.1 Å². The zero-order chi connectivity index (χ0) is 14.5. The summed E-state index contributed by atoms with van der Waals surface area (Å²) in [5.74, 6) is 0.837. The Balaban J connectivity index is 1.90. The molecule has 1 fully saturated rings. The highest BCUT2D eigenvalue weighted by Gasteiger charge is 2.31. The number of benzene rings is 1. The topological polar surface area (TPSA) is 64.8 Å². The molecule has 0 aliphatic carbocycles. The number of likely N-dealkylation sites (N-methyl/N-ethyl adjacent to an activating group) is 1. The van der Waals surface area contributed by atoms with E-state index >= 15 is 0 Å². The molecule has 0 bridgehead atoms. The van der Waals surface area contributed by atoms with Crippen LogP contribution >= 0.6 is 0 Å². The fourth-order valence-corrected chi connectivity index (χ4v) is 2.39. The second-order valence-electron chi connectivity index (χ2n) is 5.10. The number of nitrogens with two attached hydrogens (primary N) is 1. The van der Waals surface area contributed by atoms with Gasteiger partial charge in [0.2, 0.25) is 0 Å². The van der Waals surface area contributed by atoms with Crippen LogP contribution in [0, 0.1) is 0 Å². The molecule has 0 unspecified atom stereocenters. The predicted molar refractivity (Wildman–Crippen MR) is 76.4 cm³/mol. The zero-order valence-electron chi connectivity index (χ0n) is 12.0. The van der Waals surface area contributed by atoms with Crippen molar-refractivity contribution in [2.75, 3.05) is 20.7 Å². The van der Waals surface area contributed by atoms with Crippen LogP contribution in [0.1, 0.15) is 18.4 Å². The number of rotatable bonds is 5. The molecule has 0 aromatic heterocycles. The van der Waals surface area contributed by atoms with Crippen LogP contribution in [0.15, 0.2) is 24.3 Å². The normalized spacial score (nSPS) is 21.8. The third-order valence-electron chi connectivity index (χ3n) is 3.60. The van der Waals surface area contributed by atoms with Crippen molar-refractivity contribution in [3.63, 3.8) is 0 Å². The van der Waals surface area contributed by atoms with Gasteiger partial charge in [-0.25, -0.2) is 0 Å². The molecule has 0 saturated carbocycles. The fourth-order valence-electron chi connectivity index (χ4n) is 2.39. The third-order valence-corrected chi connectivity index (χ3v) is 3.60. The largest absolute Gasteiger partial charge is 0.497 e. The van der Waals surface area contributed by atoms with Crippen molar-refractivity contribution in [1.82, 2.24) is 4.90 Å². The van der Waals surface area contributed by atoms with Gasteiger partial charge in [-0.1, -0.05) is 12.1 Å². The van der Waals surface area contributed by atoms with E-state index in [-0.39, 0.29) is 18.1 Å². The molecular weight excluding hydrogens is 256 g/mol. The molecule has 2 N–H and O–H groups in total. The number of nitrogens with zero attached hydrogens (tertiary/aromatic N) is 1. The summed E-state index contributed by atoms with van der Waals surface area (Å²) in [6.45, 7) is 1.04. The van der Waals surface area contributed by atoms with Crippen LogP contribution in [0.2, 0.25) is 0 Å². The van der Waals surface area contributed by atoms with E-state index in [9.17, 15) is 4.79 Å².